The molecule has 2 aliphatic heterocycles. The number of benzene rings is 1. The zero-order chi connectivity index (χ0) is 22.1. The van der Waals surface area contributed by atoms with Gasteiger partial charge >= 0.3 is 0 Å². The predicted octanol–water partition coefficient (Wildman–Crippen LogP) is 5.32. The molecule has 0 saturated carbocycles. The first-order chi connectivity index (χ1) is 15.6. The first-order valence-corrected chi connectivity index (χ1v) is 11.9. The lowest BCUT2D eigenvalue weighted by atomic mass is 9.88. The third kappa shape index (κ3) is 4.33. The van der Waals surface area contributed by atoms with Crippen molar-refractivity contribution in [3.05, 3.63) is 69.2 Å². The minimum atomic E-state index is -0.452. The number of anilines is 1. The lowest BCUT2D eigenvalue weighted by Crippen LogP contribution is -2.53. The summed E-state index contributed by atoms with van der Waals surface area (Å²) in [6, 6.07) is 6.91. The number of carbonyl (C=O) groups excluding carboxylic acids is 1. The summed E-state index contributed by atoms with van der Waals surface area (Å²) in [7, 11) is 0. The number of carbonyl (C=O) groups is 1. The molecule has 3 aliphatic rings. The lowest BCUT2D eigenvalue weighted by Gasteiger charge is -2.29. The number of allylic oxidation sites excluding steroid dienone is 1. The van der Waals surface area contributed by atoms with Crippen molar-refractivity contribution in [3.8, 4) is 0 Å². The Balaban J connectivity index is 1.52. The molecule has 3 heterocycles. The fraction of sp³-hybridized carbons (Fsp3) is 0.375. The standard InChI is InChI=1S/C24H26Cl2N4O2/c25-18-7-8-21(20(26)14-18)30-23-17(13-16-9-12-32-15-16)5-4-6-19(23)22(27-30)24(31)28-29-10-2-1-3-11-29/h7-9,12-15,22,27H,1-6,10-11H2,(H,28,31)/b17-13+. The van der Waals surface area contributed by atoms with E-state index in [0.717, 1.165) is 73.3 Å². The number of hydrazine groups is 2. The second-order valence-electron chi connectivity index (χ2n) is 8.47. The van der Waals surface area contributed by atoms with Crippen molar-refractivity contribution in [2.24, 2.45) is 0 Å². The Hall–Kier alpha value is -2.25. The molecule has 5 rings (SSSR count). The monoisotopic (exact) mass is 472 g/mol. The van der Waals surface area contributed by atoms with Crippen molar-refractivity contribution >= 4 is 40.9 Å². The van der Waals surface area contributed by atoms with Crippen LogP contribution in [0.3, 0.4) is 0 Å². The molecule has 1 aromatic carbocycles. The van der Waals surface area contributed by atoms with Crippen LogP contribution in [0.15, 0.2) is 58.1 Å². The van der Waals surface area contributed by atoms with Gasteiger partial charge in [-0.1, -0.05) is 29.6 Å². The number of amides is 1. The van der Waals surface area contributed by atoms with E-state index in [-0.39, 0.29) is 5.91 Å². The van der Waals surface area contributed by atoms with Gasteiger partial charge in [0.2, 0.25) is 0 Å². The highest BCUT2D eigenvalue weighted by atomic mass is 35.5. The smallest absolute Gasteiger partial charge is 0.257 e. The highest BCUT2D eigenvalue weighted by Gasteiger charge is 2.40. The van der Waals surface area contributed by atoms with Crippen molar-refractivity contribution in [3.63, 3.8) is 0 Å². The lowest BCUT2D eigenvalue weighted by molar-refractivity contribution is -0.127. The molecule has 168 valence electrons. The molecular weight excluding hydrogens is 447 g/mol. The van der Waals surface area contributed by atoms with Gasteiger partial charge in [0.15, 0.2) is 0 Å². The number of furan rings is 1. The molecular formula is C24H26Cl2N4O2. The molecule has 2 N–H and O–H groups in total. The molecule has 0 bridgehead atoms. The molecule has 0 radical (unpaired) electrons. The highest BCUT2D eigenvalue weighted by molar-refractivity contribution is 6.36. The minimum absolute atomic E-state index is 0.0310. The number of rotatable bonds is 4. The van der Waals surface area contributed by atoms with Crippen LogP contribution in [0, 0.1) is 0 Å². The Morgan fingerprint density at radius 1 is 1.12 bits per heavy atom. The topological polar surface area (TPSA) is 60.8 Å². The van der Waals surface area contributed by atoms with Crippen molar-refractivity contribution in [2.45, 2.75) is 44.6 Å². The molecule has 6 nitrogen and oxygen atoms in total. The van der Waals surface area contributed by atoms with Gasteiger partial charge in [0.05, 0.1) is 28.9 Å². The highest BCUT2D eigenvalue weighted by Crippen LogP contribution is 2.42. The Kier molecular flexibility index (Phi) is 6.28. The van der Waals surface area contributed by atoms with Gasteiger partial charge in [0.1, 0.15) is 6.04 Å². The largest absolute Gasteiger partial charge is 0.472 e. The zero-order valence-electron chi connectivity index (χ0n) is 17.7. The van der Waals surface area contributed by atoms with Crippen LogP contribution in [0.2, 0.25) is 10.0 Å². The summed E-state index contributed by atoms with van der Waals surface area (Å²) in [6.45, 7) is 1.78. The maximum Gasteiger partial charge on any atom is 0.257 e. The summed E-state index contributed by atoms with van der Waals surface area (Å²) in [5.74, 6) is -0.0310. The van der Waals surface area contributed by atoms with E-state index >= 15 is 0 Å². The van der Waals surface area contributed by atoms with Crippen LogP contribution in [0.25, 0.3) is 6.08 Å². The molecule has 1 atom stereocenters. The molecule has 0 spiro atoms. The maximum atomic E-state index is 13.3. The third-order valence-corrected chi connectivity index (χ3v) is 6.79. The second kappa shape index (κ2) is 9.32. The van der Waals surface area contributed by atoms with Gasteiger partial charge in [-0.3, -0.25) is 15.2 Å². The molecule has 1 aromatic heterocycles. The minimum Gasteiger partial charge on any atom is -0.472 e. The molecule has 1 saturated heterocycles. The quantitative estimate of drug-likeness (QED) is 0.630. The first-order valence-electron chi connectivity index (χ1n) is 11.1. The van der Waals surface area contributed by atoms with E-state index in [1.807, 2.05) is 28.2 Å². The van der Waals surface area contributed by atoms with Crippen LogP contribution in [-0.2, 0) is 4.79 Å². The average molecular weight is 473 g/mol. The van der Waals surface area contributed by atoms with Crippen molar-refractivity contribution < 1.29 is 9.21 Å². The Bertz CT molecular complexity index is 1060. The first kappa shape index (κ1) is 21.6. The Morgan fingerprint density at radius 2 is 1.97 bits per heavy atom. The number of piperidine rings is 1. The summed E-state index contributed by atoms with van der Waals surface area (Å²) in [4.78, 5) is 13.3. The van der Waals surface area contributed by atoms with Crippen LogP contribution < -0.4 is 15.9 Å². The second-order valence-corrected chi connectivity index (χ2v) is 9.31. The average Bonchev–Trinajstić information content (AvgIpc) is 3.43. The summed E-state index contributed by atoms with van der Waals surface area (Å²) in [5, 5.41) is 5.10. The van der Waals surface area contributed by atoms with Gasteiger partial charge in [-0.05, 0) is 73.6 Å². The van der Waals surface area contributed by atoms with Gasteiger partial charge in [-0.15, -0.1) is 0 Å². The number of hydrogen-bond donors (Lipinski definition) is 2. The van der Waals surface area contributed by atoms with E-state index in [0.29, 0.717) is 10.0 Å². The fourth-order valence-corrected chi connectivity index (χ4v) is 5.24. The van der Waals surface area contributed by atoms with Gasteiger partial charge in [-0.25, -0.2) is 10.4 Å². The van der Waals surface area contributed by atoms with E-state index in [2.05, 4.69) is 16.9 Å². The SMILES string of the molecule is O=C(NN1CCCCC1)C1NN(c2ccc(Cl)cc2Cl)C2=C1CCC/C2=C\c1ccoc1. The number of hydrogen-bond acceptors (Lipinski definition) is 5. The molecule has 1 fully saturated rings. The molecule has 8 heteroatoms. The zero-order valence-corrected chi connectivity index (χ0v) is 19.3. The molecule has 1 amide bonds. The molecule has 32 heavy (non-hydrogen) atoms. The fourth-order valence-electron chi connectivity index (χ4n) is 4.75. The van der Waals surface area contributed by atoms with E-state index in [1.165, 1.54) is 6.42 Å². The van der Waals surface area contributed by atoms with Crippen molar-refractivity contribution in [2.75, 3.05) is 18.1 Å². The molecule has 1 unspecified atom stereocenters. The van der Waals surface area contributed by atoms with Gasteiger partial charge in [0.25, 0.3) is 5.91 Å². The maximum absolute atomic E-state index is 13.3. The Morgan fingerprint density at radius 3 is 2.72 bits per heavy atom. The van der Waals surface area contributed by atoms with Crippen LogP contribution in [0.1, 0.15) is 44.1 Å². The van der Waals surface area contributed by atoms with E-state index in [4.69, 9.17) is 27.6 Å². The van der Waals surface area contributed by atoms with Gasteiger partial charge in [0, 0.05) is 23.7 Å². The number of nitrogens with one attached hydrogen (secondary N) is 2. The Labute approximate surface area is 197 Å². The van der Waals surface area contributed by atoms with E-state index < -0.39 is 6.04 Å². The van der Waals surface area contributed by atoms with E-state index in [1.54, 1.807) is 18.6 Å². The summed E-state index contributed by atoms with van der Waals surface area (Å²) in [5.41, 5.74) is 11.6. The van der Waals surface area contributed by atoms with Crippen LogP contribution >= 0.6 is 23.2 Å². The molecule has 1 aliphatic carbocycles. The predicted molar refractivity (Wildman–Crippen MR) is 127 cm³/mol. The molecule has 2 aromatic rings. The summed E-state index contributed by atoms with van der Waals surface area (Å²) in [6.07, 6.45) is 11.7. The number of nitrogens with zero attached hydrogens (tertiary/aromatic N) is 2. The van der Waals surface area contributed by atoms with Crippen LogP contribution in [-0.4, -0.2) is 30.0 Å². The third-order valence-electron chi connectivity index (χ3n) is 6.25. The normalized spacial score (nSPS) is 23.0. The van der Waals surface area contributed by atoms with Gasteiger partial charge in [-0.2, -0.15) is 0 Å². The van der Waals surface area contributed by atoms with Crippen LogP contribution in [0.5, 0.6) is 0 Å². The van der Waals surface area contributed by atoms with Crippen molar-refractivity contribution in [1.82, 2.24) is 15.9 Å². The number of halogens is 2. The van der Waals surface area contributed by atoms with Crippen LogP contribution in [0.4, 0.5) is 5.69 Å². The van der Waals surface area contributed by atoms with E-state index in [9.17, 15) is 4.79 Å². The summed E-state index contributed by atoms with van der Waals surface area (Å²) >= 11 is 12.7. The summed E-state index contributed by atoms with van der Waals surface area (Å²) < 4.78 is 5.26. The van der Waals surface area contributed by atoms with Gasteiger partial charge < -0.3 is 4.42 Å². The van der Waals surface area contributed by atoms with Crippen molar-refractivity contribution in [1.29, 1.82) is 0 Å².